The number of benzene rings is 2. The summed E-state index contributed by atoms with van der Waals surface area (Å²) in [5, 5.41) is 4.57. The predicted octanol–water partition coefficient (Wildman–Crippen LogP) is 3.42. The third-order valence-electron chi connectivity index (χ3n) is 4.72. The number of anilines is 1. The molecule has 0 saturated heterocycles. The minimum absolute atomic E-state index is 0.186. The van der Waals surface area contributed by atoms with E-state index < -0.39 is 5.69 Å². The van der Waals surface area contributed by atoms with Crippen LogP contribution in [0.2, 0.25) is 0 Å². The SMILES string of the molecule is CCc1ccc(NC(=O)Cn2c(=O)n(-c3ccccc3)c(=O)c3sccc32)cc1. The molecule has 7 heteroatoms. The maximum absolute atomic E-state index is 13.1. The molecule has 0 fully saturated rings. The van der Waals surface area contributed by atoms with Crippen molar-refractivity contribution < 1.29 is 4.79 Å². The second-order valence-corrected chi connectivity index (χ2v) is 7.49. The Kier molecular flexibility index (Phi) is 5.14. The predicted molar refractivity (Wildman–Crippen MR) is 116 cm³/mol. The van der Waals surface area contributed by atoms with Gasteiger partial charge in [-0.25, -0.2) is 9.36 Å². The molecule has 2 aromatic heterocycles. The summed E-state index contributed by atoms with van der Waals surface area (Å²) in [5.74, 6) is -0.331. The van der Waals surface area contributed by atoms with Gasteiger partial charge in [-0.05, 0) is 47.7 Å². The average molecular weight is 405 g/mol. The van der Waals surface area contributed by atoms with Crippen LogP contribution in [0.1, 0.15) is 12.5 Å². The Hall–Kier alpha value is -3.45. The van der Waals surface area contributed by atoms with Crippen LogP contribution in [-0.4, -0.2) is 15.0 Å². The lowest BCUT2D eigenvalue weighted by molar-refractivity contribution is -0.116. The van der Waals surface area contributed by atoms with Gasteiger partial charge < -0.3 is 5.32 Å². The van der Waals surface area contributed by atoms with Gasteiger partial charge >= 0.3 is 5.69 Å². The Labute approximate surface area is 170 Å². The van der Waals surface area contributed by atoms with Crippen molar-refractivity contribution in [2.24, 2.45) is 0 Å². The molecular formula is C22H19N3O3S. The minimum Gasteiger partial charge on any atom is -0.325 e. The molecule has 0 aliphatic carbocycles. The number of para-hydroxylation sites is 1. The molecule has 1 N–H and O–H groups in total. The number of nitrogens with zero attached hydrogens (tertiary/aromatic N) is 2. The molecular weight excluding hydrogens is 386 g/mol. The van der Waals surface area contributed by atoms with E-state index in [0.717, 1.165) is 11.0 Å². The second kappa shape index (κ2) is 7.89. The van der Waals surface area contributed by atoms with Crippen LogP contribution in [0.4, 0.5) is 5.69 Å². The summed E-state index contributed by atoms with van der Waals surface area (Å²) in [5.41, 5.74) is 1.87. The molecule has 0 radical (unpaired) electrons. The van der Waals surface area contributed by atoms with Gasteiger partial charge in [0.1, 0.15) is 11.2 Å². The van der Waals surface area contributed by atoms with E-state index in [1.807, 2.05) is 30.3 Å². The third kappa shape index (κ3) is 3.64. The van der Waals surface area contributed by atoms with Crippen LogP contribution in [0.25, 0.3) is 15.9 Å². The fourth-order valence-corrected chi connectivity index (χ4v) is 4.04. The first-order chi connectivity index (χ1) is 14.1. The number of thiophene rings is 1. The van der Waals surface area contributed by atoms with Gasteiger partial charge in [0.25, 0.3) is 5.56 Å². The molecule has 0 spiro atoms. The number of carbonyl (C=O) groups excluding carboxylic acids is 1. The molecule has 4 aromatic rings. The summed E-state index contributed by atoms with van der Waals surface area (Å²) in [6.07, 6.45) is 0.917. The van der Waals surface area contributed by atoms with E-state index in [1.54, 1.807) is 35.7 Å². The van der Waals surface area contributed by atoms with Crippen LogP contribution >= 0.6 is 11.3 Å². The van der Waals surface area contributed by atoms with Crippen LogP contribution in [0.3, 0.4) is 0 Å². The van der Waals surface area contributed by atoms with Gasteiger partial charge in [-0.15, -0.1) is 11.3 Å². The average Bonchev–Trinajstić information content (AvgIpc) is 3.23. The first kappa shape index (κ1) is 18.9. The van der Waals surface area contributed by atoms with Gasteiger partial charge in [0.05, 0.1) is 11.2 Å². The molecule has 6 nitrogen and oxygen atoms in total. The van der Waals surface area contributed by atoms with E-state index in [1.165, 1.54) is 21.5 Å². The molecule has 146 valence electrons. The molecule has 1 amide bonds. The highest BCUT2D eigenvalue weighted by Gasteiger charge is 2.17. The van der Waals surface area contributed by atoms with Gasteiger partial charge in [-0.3, -0.25) is 14.2 Å². The Morgan fingerprint density at radius 2 is 1.72 bits per heavy atom. The van der Waals surface area contributed by atoms with Crippen molar-refractivity contribution in [2.75, 3.05) is 5.32 Å². The number of carbonyl (C=O) groups is 1. The zero-order valence-corrected chi connectivity index (χ0v) is 16.6. The molecule has 0 unspecified atom stereocenters. The molecule has 29 heavy (non-hydrogen) atoms. The highest BCUT2D eigenvalue weighted by molar-refractivity contribution is 7.17. The van der Waals surface area contributed by atoms with Crippen LogP contribution < -0.4 is 16.6 Å². The molecule has 2 aromatic carbocycles. The molecule has 2 heterocycles. The van der Waals surface area contributed by atoms with Gasteiger partial charge in [0.15, 0.2) is 0 Å². The van der Waals surface area contributed by atoms with E-state index in [0.29, 0.717) is 21.6 Å². The smallest absolute Gasteiger partial charge is 0.325 e. The number of hydrogen-bond acceptors (Lipinski definition) is 4. The quantitative estimate of drug-likeness (QED) is 0.553. The van der Waals surface area contributed by atoms with Crippen LogP contribution in [0.15, 0.2) is 75.6 Å². The Bertz CT molecular complexity index is 1290. The lowest BCUT2D eigenvalue weighted by Gasteiger charge is -2.12. The fourth-order valence-electron chi connectivity index (χ4n) is 3.21. The highest BCUT2D eigenvalue weighted by atomic mass is 32.1. The van der Waals surface area contributed by atoms with Crippen molar-refractivity contribution in [1.82, 2.24) is 9.13 Å². The Morgan fingerprint density at radius 3 is 2.41 bits per heavy atom. The molecule has 0 bridgehead atoms. The van der Waals surface area contributed by atoms with Crippen molar-refractivity contribution in [2.45, 2.75) is 19.9 Å². The van der Waals surface area contributed by atoms with E-state index >= 15 is 0 Å². The van der Waals surface area contributed by atoms with Crippen molar-refractivity contribution in [3.63, 3.8) is 0 Å². The third-order valence-corrected chi connectivity index (χ3v) is 5.61. The zero-order valence-electron chi connectivity index (χ0n) is 15.8. The number of hydrogen-bond donors (Lipinski definition) is 1. The molecule has 0 aliphatic heterocycles. The number of aryl methyl sites for hydroxylation is 1. The van der Waals surface area contributed by atoms with E-state index in [2.05, 4.69) is 12.2 Å². The highest BCUT2D eigenvalue weighted by Crippen LogP contribution is 2.17. The normalized spacial score (nSPS) is 10.9. The van der Waals surface area contributed by atoms with Crippen molar-refractivity contribution in [1.29, 1.82) is 0 Å². The molecule has 0 atom stereocenters. The summed E-state index contributed by atoms with van der Waals surface area (Å²) in [6, 6.07) is 18.0. The van der Waals surface area contributed by atoms with E-state index in [4.69, 9.17) is 0 Å². The topological polar surface area (TPSA) is 73.1 Å². The van der Waals surface area contributed by atoms with E-state index in [9.17, 15) is 14.4 Å². The van der Waals surface area contributed by atoms with Crippen molar-refractivity contribution in [3.8, 4) is 5.69 Å². The standard InChI is InChI=1S/C22H19N3O3S/c1-2-15-8-10-16(11-9-15)23-19(26)14-24-18-12-13-29-20(18)21(27)25(22(24)28)17-6-4-3-5-7-17/h3-13H,2,14H2,1H3,(H,23,26). The lowest BCUT2D eigenvalue weighted by Crippen LogP contribution is -2.40. The number of fused-ring (bicyclic) bond motifs is 1. The maximum atomic E-state index is 13.1. The molecule has 0 aliphatic rings. The molecule has 0 saturated carbocycles. The summed E-state index contributed by atoms with van der Waals surface area (Å²) in [6.45, 7) is 1.88. The van der Waals surface area contributed by atoms with Gasteiger partial charge in [0.2, 0.25) is 5.91 Å². The van der Waals surface area contributed by atoms with Gasteiger partial charge in [-0.2, -0.15) is 0 Å². The summed E-state index contributed by atoms with van der Waals surface area (Å²) in [7, 11) is 0. The number of nitrogens with one attached hydrogen (secondary N) is 1. The summed E-state index contributed by atoms with van der Waals surface area (Å²) >= 11 is 1.26. The Balaban J connectivity index is 1.73. The van der Waals surface area contributed by atoms with E-state index in [-0.39, 0.29) is 18.0 Å². The Morgan fingerprint density at radius 1 is 1.00 bits per heavy atom. The number of rotatable bonds is 5. The first-order valence-corrected chi connectivity index (χ1v) is 10.1. The van der Waals surface area contributed by atoms with Crippen LogP contribution in [0.5, 0.6) is 0 Å². The van der Waals surface area contributed by atoms with Gasteiger partial charge in [-0.1, -0.05) is 37.3 Å². The van der Waals surface area contributed by atoms with Gasteiger partial charge in [0, 0.05) is 5.69 Å². The van der Waals surface area contributed by atoms with Crippen LogP contribution in [-0.2, 0) is 17.8 Å². The summed E-state index contributed by atoms with van der Waals surface area (Å²) < 4.78 is 2.89. The monoisotopic (exact) mass is 405 g/mol. The second-order valence-electron chi connectivity index (χ2n) is 6.58. The number of amides is 1. The van der Waals surface area contributed by atoms with Crippen LogP contribution in [0, 0.1) is 0 Å². The first-order valence-electron chi connectivity index (χ1n) is 9.25. The summed E-state index contributed by atoms with van der Waals surface area (Å²) in [4.78, 5) is 38.6. The largest absolute Gasteiger partial charge is 0.336 e. The zero-order chi connectivity index (χ0) is 20.4. The van der Waals surface area contributed by atoms with Crippen molar-refractivity contribution in [3.05, 3.63) is 92.4 Å². The maximum Gasteiger partial charge on any atom is 0.336 e. The fraction of sp³-hybridized carbons (Fsp3) is 0.136. The number of aromatic nitrogens is 2. The lowest BCUT2D eigenvalue weighted by atomic mass is 10.1. The minimum atomic E-state index is -0.538. The molecule has 4 rings (SSSR count). The van der Waals surface area contributed by atoms with Crippen molar-refractivity contribution >= 4 is 33.1 Å².